The number of nitrogens with zero attached hydrogens (tertiary/aromatic N) is 3. The lowest BCUT2D eigenvalue weighted by atomic mass is 9.95. The maximum absolute atomic E-state index is 13.1. The van der Waals surface area contributed by atoms with Gasteiger partial charge >= 0.3 is 0 Å². The third-order valence-electron chi connectivity index (χ3n) is 4.64. The number of halogens is 1. The van der Waals surface area contributed by atoms with E-state index >= 15 is 0 Å². The molecule has 0 saturated carbocycles. The second-order valence-electron chi connectivity index (χ2n) is 6.93. The molecule has 4 rings (SSSR count). The average Bonchev–Trinajstić information content (AvgIpc) is 3.37. The zero-order valence-corrected chi connectivity index (χ0v) is 15.8. The molecule has 0 fully saturated rings. The third kappa shape index (κ3) is 4.16. The van der Waals surface area contributed by atoms with Gasteiger partial charge < -0.3 is 14.7 Å². The van der Waals surface area contributed by atoms with Crippen molar-refractivity contribution in [3.63, 3.8) is 0 Å². The van der Waals surface area contributed by atoms with Crippen molar-refractivity contribution < 1.29 is 18.5 Å². The van der Waals surface area contributed by atoms with Crippen molar-refractivity contribution in [1.82, 2.24) is 15.5 Å². The molecular weight excluding hydrogens is 375 g/mol. The summed E-state index contributed by atoms with van der Waals surface area (Å²) >= 11 is 0. The minimum atomic E-state index is -1.12. The first kappa shape index (κ1) is 18.8. The van der Waals surface area contributed by atoms with Crippen LogP contribution in [0.4, 0.5) is 4.39 Å². The second kappa shape index (κ2) is 7.83. The van der Waals surface area contributed by atoms with Gasteiger partial charge in [-0.15, -0.1) is 0 Å². The van der Waals surface area contributed by atoms with Gasteiger partial charge in [0.25, 0.3) is 5.91 Å². The summed E-state index contributed by atoms with van der Waals surface area (Å²) < 4.78 is 18.3. The zero-order valence-electron chi connectivity index (χ0n) is 15.8. The maximum Gasteiger partial charge on any atom is 0.267 e. The lowest BCUT2D eigenvalue weighted by molar-refractivity contribution is -0.141. The molecule has 1 atom stereocenters. The molecule has 0 aliphatic carbocycles. The molecule has 7 nitrogen and oxygen atoms in total. The lowest BCUT2D eigenvalue weighted by Crippen LogP contribution is -2.45. The minimum absolute atomic E-state index is 0.291. The molecule has 1 aliphatic heterocycles. The first-order valence-electron chi connectivity index (χ1n) is 9.21. The topological polar surface area (TPSA) is 89.6 Å². The van der Waals surface area contributed by atoms with E-state index in [-0.39, 0.29) is 11.7 Å². The van der Waals surface area contributed by atoms with Gasteiger partial charge in [0.2, 0.25) is 17.3 Å². The Morgan fingerprint density at radius 3 is 2.66 bits per heavy atom. The highest BCUT2D eigenvalue weighted by Crippen LogP contribution is 2.27. The Morgan fingerprint density at radius 2 is 1.90 bits per heavy atom. The number of hydrogen-bond acceptors (Lipinski definition) is 6. The zero-order chi connectivity index (χ0) is 20.3. The van der Waals surface area contributed by atoms with Gasteiger partial charge in [-0.2, -0.15) is 4.98 Å². The van der Waals surface area contributed by atoms with Crippen molar-refractivity contribution in [1.29, 1.82) is 0 Å². The summed E-state index contributed by atoms with van der Waals surface area (Å²) in [4.78, 5) is 22.3. The Bertz CT molecular complexity index is 1030. The number of carbonyl (C=O) groups is 1. The van der Waals surface area contributed by atoms with Crippen LogP contribution in [0.25, 0.3) is 11.4 Å². The van der Waals surface area contributed by atoms with Gasteiger partial charge in [0, 0.05) is 24.9 Å². The quantitative estimate of drug-likeness (QED) is 0.694. The predicted molar refractivity (Wildman–Crippen MR) is 103 cm³/mol. The Labute approximate surface area is 166 Å². The van der Waals surface area contributed by atoms with Crippen molar-refractivity contribution in [2.75, 3.05) is 6.54 Å². The van der Waals surface area contributed by atoms with Crippen LogP contribution >= 0.6 is 0 Å². The molecule has 0 bridgehead atoms. The SMILES string of the molecule is C[C@@]1(C(=O)NCCc2nc(-c3ccccc3)no2)CC(c2ccc(F)cc2)=NO1. The fourth-order valence-electron chi connectivity index (χ4n) is 2.99. The van der Waals surface area contributed by atoms with Gasteiger partial charge in [0.05, 0.1) is 5.71 Å². The van der Waals surface area contributed by atoms with E-state index in [4.69, 9.17) is 9.36 Å². The number of amides is 1. The molecule has 0 radical (unpaired) electrons. The Kier molecular flexibility index (Phi) is 5.07. The molecule has 148 valence electrons. The van der Waals surface area contributed by atoms with E-state index in [9.17, 15) is 9.18 Å². The summed E-state index contributed by atoms with van der Waals surface area (Å²) in [6.07, 6.45) is 0.691. The summed E-state index contributed by atoms with van der Waals surface area (Å²) in [5.41, 5.74) is 1.08. The number of carbonyl (C=O) groups excluding carboxylic acids is 1. The molecule has 0 spiro atoms. The molecule has 3 aromatic rings. The van der Waals surface area contributed by atoms with E-state index in [2.05, 4.69) is 20.6 Å². The first-order valence-corrected chi connectivity index (χ1v) is 9.21. The minimum Gasteiger partial charge on any atom is -0.379 e. The predicted octanol–water partition coefficient (Wildman–Crippen LogP) is 3.12. The summed E-state index contributed by atoms with van der Waals surface area (Å²) in [5, 5.41) is 10.8. The Balaban J connectivity index is 1.30. The van der Waals surface area contributed by atoms with Gasteiger partial charge in [-0.05, 0) is 24.6 Å². The fraction of sp³-hybridized carbons (Fsp3) is 0.238. The summed E-state index contributed by atoms with van der Waals surface area (Å²) in [6.45, 7) is 1.99. The first-order chi connectivity index (χ1) is 14.0. The molecule has 0 unspecified atom stereocenters. The molecule has 2 heterocycles. The molecule has 1 N–H and O–H groups in total. The van der Waals surface area contributed by atoms with E-state index in [1.807, 2.05) is 30.3 Å². The van der Waals surface area contributed by atoms with Crippen LogP contribution in [-0.4, -0.2) is 33.9 Å². The molecule has 1 aromatic heterocycles. The maximum atomic E-state index is 13.1. The molecule has 2 aromatic carbocycles. The normalized spacial score (nSPS) is 18.2. The highest BCUT2D eigenvalue weighted by atomic mass is 19.1. The number of hydrogen-bond donors (Lipinski definition) is 1. The molecule has 1 aliphatic rings. The molecule has 8 heteroatoms. The van der Waals surface area contributed by atoms with Crippen molar-refractivity contribution in [3.8, 4) is 11.4 Å². The van der Waals surface area contributed by atoms with Gasteiger partial charge in [0.1, 0.15) is 5.82 Å². The van der Waals surface area contributed by atoms with Gasteiger partial charge in [0.15, 0.2) is 0 Å². The fourth-order valence-corrected chi connectivity index (χ4v) is 2.99. The van der Waals surface area contributed by atoms with Gasteiger partial charge in [-0.1, -0.05) is 52.8 Å². The van der Waals surface area contributed by atoms with Crippen molar-refractivity contribution in [2.24, 2.45) is 5.16 Å². The molecule has 1 amide bonds. The third-order valence-corrected chi connectivity index (χ3v) is 4.64. The van der Waals surface area contributed by atoms with Gasteiger partial charge in [-0.3, -0.25) is 4.79 Å². The summed E-state index contributed by atoms with van der Waals surface area (Å²) in [6, 6.07) is 15.4. The highest BCUT2D eigenvalue weighted by Gasteiger charge is 2.42. The average molecular weight is 394 g/mol. The van der Waals surface area contributed by atoms with Crippen LogP contribution in [0, 0.1) is 5.82 Å². The number of rotatable bonds is 6. The highest BCUT2D eigenvalue weighted by molar-refractivity contribution is 6.05. The van der Waals surface area contributed by atoms with E-state index in [1.54, 1.807) is 19.1 Å². The van der Waals surface area contributed by atoms with Crippen molar-refractivity contribution in [2.45, 2.75) is 25.4 Å². The van der Waals surface area contributed by atoms with Crippen LogP contribution in [0.2, 0.25) is 0 Å². The second-order valence-corrected chi connectivity index (χ2v) is 6.93. The Hall–Kier alpha value is -3.55. The van der Waals surface area contributed by atoms with Crippen LogP contribution < -0.4 is 5.32 Å². The van der Waals surface area contributed by atoms with E-state index in [0.717, 1.165) is 11.1 Å². The lowest BCUT2D eigenvalue weighted by Gasteiger charge is -2.20. The largest absolute Gasteiger partial charge is 0.379 e. The van der Waals surface area contributed by atoms with Gasteiger partial charge in [-0.25, -0.2) is 4.39 Å². The molecular formula is C21H19FN4O3. The van der Waals surface area contributed by atoms with E-state index < -0.39 is 5.60 Å². The van der Waals surface area contributed by atoms with Crippen LogP contribution in [0.3, 0.4) is 0 Å². The standard InChI is InChI=1S/C21H19FN4O3/c1-21(13-17(25-29-21)14-7-9-16(22)10-8-14)20(27)23-12-11-18-24-19(26-28-18)15-5-3-2-4-6-15/h2-10H,11-13H2,1H3,(H,23,27)/t21-/m0/s1. The molecule has 0 saturated heterocycles. The summed E-state index contributed by atoms with van der Waals surface area (Å²) in [5.74, 6) is 0.326. The number of oxime groups is 1. The van der Waals surface area contributed by atoms with Crippen LogP contribution in [0.1, 0.15) is 24.8 Å². The van der Waals surface area contributed by atoms with Crippen molar-refractivity contribution in [3.05, 3.63) is 71.9 Å². The van der Waals surface area contributed by atoms with Crippen LogP contribution in [0.5, 0.6) is 0 Å². The number of nitrogens with one attached hydrogen (secondary N) is 1. The number of benzene rings is 2. The van der Waals surface area contributed by atoms with Crippen molar-refractivity contribution >= 4 is 11.6 Å². The smallest absolute Gasteiger partial charge is 0.267 e. The Morgan fingerprint density at radius 1 is 1.14 bits per heavy atom. The monoisotopic (exact) mass is 394 g/mol. The van der Waals surface area contributed by atoms with E-state index in [1.165, 1.54) is 12.1 Å². The van der Waals surface area contributed by atoms with E-state index in [0.29, 0.717) is 36.8 Å². The molecule has 29 heavy (non-hydrogen) atoms. The van der Waals surface area contributed by atoms with Crippen LogP contribution in [0.15, 0.2) is 64.3 Å². The summed E-state index contributed by atoms with van der Waals surface area (Å²) in [7, 11) is 0. The van der Waals surface area contributed by atoms with Crippen LogP contribution in [-0.2, 0) is 16.1 Å². The number of aromatic nitrogens is 2.